The predicted octanol–water partition coefficient (Wildman–Crippen LogP) is 4.01. The van der Waals surface area contributed by atoms with Gasteiger partial charge in [0.15, 0.2) is 0 Å². The second-order valence-corrected chi connectivity index (χ2v) is 9.25. The van der Waals surface area contributed by atoms with E-state index in [1.807, 2.05) is 0 Å². The number of thioether (sulfide) groups is 1. The Bertz CT molecular complexity index is 287. The second kappa shape index (κ2) is 8.79. The van der Waals surface area contributed by atoms with Gasteiger partial charge in [-0.05, 0) is 37.6 Å². The van der Waals surface area contributed by atoms with Gasteiger partial charge >= 0.3 is 0 Å². The molecule has 5 atom stereocenters. The van der Waals surface area contributed by atoms with Gasteiger partial charge in [0.2, 0.25) is 0 Å². The summed E-state index contributed by atoms with van der Waals surface area (Å²) in [6.45, 7) is 14.4. The number of hydrogen-bond donors (Lipinski definition) is 1. The van der Waals surface area contributed by atoms with Crippen LogP contribution in [0, 0.1) is 11.8 Å². The Hall–Kier alpha value is 0.270. The van der Waals surface area contributed by atoms with E-state index in [1.165, 1.54) is 51.7 Å². The van der Waals surface area contributed by atoms with Gasteiger partial charge in [-0.3, -0.25) is 0 Å². The molecule has 0 radical (unpaired) electrons. The molecule has 2 aliphatic rings. The summed E-state index contributed by atoms with van der Waals surface area (Å²) in [4.78, 5) is 2.76. The van der Waals surface area contributed by atoms with E-state index in [0.29, 0.717) is 0 Å². The average Bonchev–Trinajstić information content (AvgIpc) is 2.41. The summed E-state index contributed by atoms with van der Waals surface area (Å²) in [5.74, 6) is 1.86. The Morgan fingerprint density at radius 3 is 2.43 bits per heavy atom. The third-order valence-electron chi connectivity index (χ3n) is 5.24. The average molecular weight is 313 g/mol. The Labute approximate surface area is 136 Å². The minimum atomic E-state index is 0.767. The first kappa shape index (κ1) is 17.6. The molecule has 0 amide bonds. The summed E-state index contributed by atoms with van der Waals surface area (Å²) < 4.78 is 0. The van der Waals surface area contributed by atoms with Crippen molar-refractivity contribution in [3.63, 3.8) is 0 Å². The second-order valence-electron chi connectivity index (χ2n) is 7.37. The van der Waals surface area contributed by atoms with Gasteiger partial charge in [0.05, 0.1) is 0 Å². The highest BCUT2D eigenvalue weighted by atomic mass is 32.2. The summed E-state index contributed by atoms with van der Waals surface area (Å²) in [6, 6.07) is 0.767. The molecule has 0 aromatic carbocycles. The van der Waals surface area contributed by atoms with Crippen LogP contribution in [0.1, 0.15) is 59.8 Å². The van der Waals surface area contributed by atoms with Crippen molar-refractivity contribution in [2.45, 2.75) is 76.3 Å². The first-order valence-electron chi connectivity index (χ1n) is 9.23. The van der Waals surface area contributed by atoms with Crippen LogP contribution in [-0.2, 0) is 0 Å². The zero-order valence-electron chi connectivity index (χ0n) is 14.6. The molecule has 124 valence electrons. The molecule has 0 bridgehead atoms. The van der Waals surface area contributed by atoms with Crippen LogP contribution in [0.3, 0.4) is 0 Å². The quantitative estimate of drug-likeness (QED) is 0.798. The van der Waals surface area contributed by atoms with Gasteiger partial charge in [-0.15, -0.1) is 0 Å². The van der Waals surface area contributed by atoms with Crippen LogP contribution < -0.4 is 5.32 Å². The maximum Gasteiger partial charge on any atom is 0.0149 e. The van der Waals surface area contributed by atoms with Gasteiger partial charge in [0.1, 0.15) is 0 Å². The monoisotopic (exact) mass is 312 g/mol. The lowest BCUT2D eigenvalue weighted by Crippen LogP contribution is -2.49. The fourth-order valence-corrected chi connectivity index (χ4v) is 5.92. The molecule has 0 aromatic heterocycles. The maximum absolute atomic E-state index is 3.78. The molecule has 0 aromatic rings. The summed E-state index contributed by atoms with van der Waals surface area (Å²) in [5, 5.41) is 5.39. The molecule has 1 heterocycles. The van der Waals surface area contributed by atoms with Crippen molar-refractivity contribution in [1.82, 2.24) is 10.2 Å². The highest BCUT2D eigenvalue weighted by Crippen LogP contribution is 2.34. The van der Waals surface area contributed by atoms with Crippen molar-refractivity contribution >= 4 is 11.8 Å². The standard InChI is InChI=1S/C18H36N2S/c1-5-7-16-8-9-18(19-6-2)17(10-16)13-20-11-14(3)21-15(4)12-20/h14-19H,5-13H2,1-4H3. The van der Waals surface area contributed by atoms with Gasteiger partial charge in [-0.1, -0.05) is 40.5 Å². The van der Waals surface area contributed by atoms with Crippen molar-refractivity contribution in [1.29, 1.82) is 0 Å². The molecule has 2 nitrogen and oxygen atoms in total. The first-order valence-corrected chi connectivity index (χ1v) is 10.2. The molecule has 2 rings (SSSR count). The van der Waals surface area contributed by atoms with Crippen molar-refractivity contribution in [2.75, 3.05) is 26.2 Å². The number of hydrogen-bond acceptors (Lipinski definition) is 3. The Balaban J connectivity index is 1.91. The van der Waals surface area contributed by atoms with Crippen LogP contribution in [0.25, 0.3) is 0 Å². The predicted molar refractivity (Wildman–Crippen MR) is 96.2 cm³/mol. The van der Waals surface area contributed by atoms with E-state index < -0.39 is 0 Å². The van der Waals surface area contributed by atoms with Crippen LogP contribution in [0.15, 0.2) is 0 Å². The van der Waals surface area contributed by atoms with E-state index in [9.17, 15) is 0 Å². The van der Waals surface area contributed by atoms with Crippen LogP contribution in [0.2, 0.25) is 0 Å². The van der Waals surface area contributed by atoms with Gasteiger partial charge in [-0.25, -0.2) is 0 Å². The Kier molecular flexibility index (Phi) is 7.37. The van der Waals surface area contributed by atoms with Crippen LogP contribution in [0.5, 0.6) is 0 Å². The minimum absolute atomic E-state index is 0.767. The lowest BCUT2D eigenvalue weighted by atomic mass is 9.76. The molecule has 3 heteroatoms. The van der Waals surface area contributed by atoms with Gasteiger partial charge < -0.3 is 10.2 Å². The Morgan fingerprint density at radius 2 is 1.81 bits per heavy atom. The fraction of sp³-hybridized carbons (Fsp3) is 1.00. The molecule has 1 saturated heterocycles. The minimum Gasteiger partial charge on any atom is -0.314 e. The van der Waals surface area contributed by atoms with E-state index in [2.05, 4.69) is 49.7 Å². The number of nitrogens with zero attached hydrogens (tertiary/aromatic N) is 1. The maximum atomic E-state index is 3.78. The van der Waals surface area contributed by atoms with Crippen molar-refractivity contribution in [3.8, 4) is 0 Å². The first-order chi connectivity index (χ1) is 10.1. The van der Waals surface area contributed by atoms with Crippen LogP contribution in [-0.4, -0.2) is 47.6 Å². The zero-order valence-corrected chi connectivity index (χ0v) is 15.4. The van der Waals surface area contributed by atoms with Crippen molar-refractivity contribution in [3.05, 3.63) is 0 Å². The normalized spacial score (nSPS) is 38.6. The molecule has 1 aliphatic carbocycles. The molecule has 21 heavy (non-hydrogen) atoms. The molecule has 1 N–H and O–H groups in total. The molecule has 1 aliphatic heterocycles. The lowest BCUT2D eigenvalue weighted by Gasteiger charge is -2.42. The largest absolute Gasteiger partial charge is 0.314 e. The van der Waals surface area contributed by atoms with Crippen molar-refractivity contribution in [2.24, 2.45) is 11.8 Å². The highest BCUT2D eigenvalue weighted by molar-refractivity contribution is 8.00. The summed E-state index contributed by atoms with van der Waals surface area (Å²) in [6.07, 6.45) is 7.11. The van der Waals surface area contributed by atoms with Crippen LogP contribution >= 0.6 is 11.8 Å². The molecule has 0 spiro atoms. The van der Waals surface area contributed by atoms with E-state index in [4.69, 9.17) is 0 Å². The highest BCUT2D eigenvalue weighted by Gasteiger charge is 2.32. The fourth-order valence-electron chi connectivity index (χ4n) is 4.53. The summed E-state index contributed by atoms with van der Waals surface area (Å²) >= 11 is 2.17. The third-order valence-corrected chi connectivity index (χ3v) is 6.47. The molecule has 1 saturated carbocycles. The van der Waals surface area contributed by atoms with Gasteiger partial charge in [-0.2, -0.15) is 11.8 Å². The van der Waals surface area contributed by atoms with Gasteiger partial charge in [0.25, 0.3) is 0 Å². The Morgan fingerprint density at radius 1 is 1.10 bits per heavy atom. The molecule has 5 unspecified atom stereocenters. The number of nitrogens with one attached hydrogen (secondary N) is 1. The summed E-state index contributed by atoms with van der Waals surface area (Å²) in [5.41, 5.74) is 0. The molecule has 2 fully saturated rings. The molecular weight excluding hydrogens is 276 g/mol. The number of rotatable bonds is 6. The molecular formula is C18H36N2S. The van der Waals surface area contributed by atoms with E-state index in [0.717, 1.165) is 34.9 Å². The van der Waals surface area contributed by atoms with Crippen LogP contribution in [0.4, 0.5) is 0 Å². The van der Waals surface area contributed by atoms with Crippen molar-refractivity contribution < 1.29 is 0 Å². The smallest absolute Gasteiger partial charge is 0.0149 e. The van der Waals surface area contributed by atoms with E-state index in [1.54, 1.807) is 0 Å². The van der Waals surface area contributed by atoms with E-state index in [-0.39, 0.29) is 0 Å². The van der Waals surface area contributed by atoms with E-state index >= 15 is 0 Å². The third kappa shape index (κ3) is 5.44. The SMILES string of the molecule is CCCC1CCC(NCC)C(CN2CC(C)SC(C)C2)C1. The topological polar surface area (TPSA) is 15.3 Å². The van der Waals surface area contributed by atoms with Gasteiger partial charge in [0, 0.05) is 36.2 Å². The lowest BCUT2D eigenvalue weighted by molar-refractivity contribution is 0.135. The summed E-state index contributed by atoms with van der Waals surface area (Å²) in [7, 11) is 0. The zero-order chi connectivity index (χ0) is 15.2.